The number of tetrazole rings is 1. The monoisotopic (exact) mass is 431 g/mol. The molecule has 0 unspecified atom stereocenters. The van der Waals surface area contributed by atoms with Crippen LogP contribution in [0.1, 0.15) is 44.1 Å². The molecule has 0 saturated heterocycles. The number of nitrogens with zero attached hydrogens (tertiary/aromatic N) is 6. The van der Waals surface area contributed by atoms with Crippen LogP contribution in [0, 0.1) is 12.8 Å². The fourth-order valence-corrected chi connectivity index (χ4v) is 4.11. The average molecular weight is 432 g/mol. The first-order chi connectivity index (χ1) is 15.5. The molecule has 0 saturated carbocycles. The Hall–Kier alpha value is -3.55. The third-order valence-corrected chi connectivity index (χ3v) is 5.63. The van der Waals surface area contributed by atoms with Crippen molar-refractivity contribution < 1.29 is 0 Å². The van der Waals surface area contributed by atoms with Crippen LogP contribution >= 0.6 is 0 Å². The Labute approximate surface area is 187 Å². The molecule has 32 heavy (non-hydrogen) atoms. The van der Waals surface area contributed by atoms with Gasteiger partial charge in [0.2, 0.25) is 0 Å². The van der Waals surface area contributed by atoms with Crippen molar-refractivity contribution in [3.05, 3.63) is 70.0 Å². The van der Waals surface area contributed by atoms with Gasteiger partial charge in [-0.15, -0.1) is 5.10 Å². The van der Waals surface area contributed by atoms with Crippen molar-refractivity contribution >= 4 is 0 Å². The molecule has 0 amide bonds. The van der Waals surface area contributed by atoms with Gasteiger partial charge in [0.25, 0.3) is 0 Å². The van der Waals surface area contributed by atoms with E-state index in [2.05, 4.69) is 77.6 Å². The smallest absolute Gasteiger partial charge is 0.296 e. The molecule has 1 N–H and O–H groups in total. The number of rotatable bonds is 8. The summed E-state index contributed by atoms with van der Waals surface area (Å²) in [5.41, 5.74) is 6.05. The summed E-state index contributed by atoms with van der Waals surface area (Å²) >= 11 is 0. The van der Waals surface area contributed by atoms with E-state index in [1.165, 1.54) is 0 Å². The summed E-state index contributed by atoms with van der Waals surface area (Å²) in [7, 11) is 0. The predicted octanol–water partition coefficient (Wildman–Crippen LogP) is 3.86. The zero-order chi connectivity index (χ0) is 22.7. The number of imidazole rings is 1. The summed E-state index contributed by atoms with van der Waals surface area (Å²) in [5.74, 6) is 0.951. The van der Waals surface area contributed by atoms with Crippen molar-refractivity contribution in [2.24, 2.45) is 5.92 Å². The molecule has 3 heterocycles. The SMILES string of the molecule is CCCc1c(C)n(CC(C)C)c(=O)n1Cc1ccc(-c2cccnc2-c2nnn[nH]2)cc1. The second-order valence-electron chi connectivity index (χ2n) is 8.50. The van der Waals surface area contributed by atoms with Crippen LogP contribution in [0.15, 0.2) is 47.4 Å². The number of aromatic amines is 1. The van der Waals surface area contributed by atoms with Crippen LogP contribution < -0.4 is 5.69 Å². The van der Waals surface area contributed by atoms with E-state index in [0.29, 0.717) is 24.0 Å². The van der Waals surface area contributed by atoms with E-state index < -0.39 is 0 Å². The first kappa shape index (κ1) is 21.7. The third kappa shape index (κ3) is 4.26. The van der Waals surface area contributed by atoms with Crippen molar-refractivity contribution in [1.82, 2.24) is 34.7 Å². The van der Waals surface area contributed by atoms with Crippen molar-refractivity contribution in [3.8, 4) is 22.6 Å². The highest BCUT2D eigenvalue weighted by Crippen LogP contribution is 2.28. The Morgan fingerprint density at radius 3 is 2.53 bits per heavy atom. The van der Waals surface area contributed by atoms with Gasteiger partial charge in [-0.25, -0.2) is 9.89 Å². The molecular weight excluding hydrogens is 402 g/mol. The van der Waals surface area contributed by atoms with Gasteiger partial charge in [0.05, 0.1) is 6.54 Å². The molecule has 3 aromatic heterocycles. The second-order valence-corrected chi connectivity index (χ2v) is 8.50. The van der Waals surface area contributed by atoms with Crippen LogP contribution in [0.25, 0.3) is 22.6 Å². The fourth-order valence-electron chi connectivity index (χ4n) is 4.11. The summed E-state index contributed by atoms with van der Waals surface area (Å²) in [4.78, 5) is 17.6. The molecule has 0 spiro atoms. The fraction of sp³-hybridized carbons (Fsp3) is 0.375. The number of H-pyrrole nitrogens is 1. The van der Waals surface area contributed by atoms with Gasteiger partial charge in [0.15, 0.2) is 5.82 Å². The minimum absolute atomic E-state index is 0.0797. The van der Waals surface area contributed by atoms with Crippen molar-refractivity contribution in [3.63, 3.8) is 0 Å². The van der Waals surface area contributed by atoms with Crippen LogP contribution in [0.2, 0.25) is 0 Å². The molecule has 8 nitrogen and oxygen atoms in total. The van der Waals surface area contributed by atoms with E-state index in [1.807, 2.05) is 21.3 Å². The quantitative estimate of drug-likeness (QED) is 0.457. The highest BCUT2D eigenvalue weighted by atomic mass is 16.1. The second kappa shape index (κ2) is 9.30. The minimum Gasteiger partial charge on any atom is -0.296 e. The molecule has 0 aliphatic carbocycles. The molecule has 0 radical (unpaired) electrons. The molecule has 0 fully saturated rings. The number of aromatic nitrogens is 7. The lowest BCUT2D eigenvalue weighted by Gasteiger charge is -2.10. The van der Waals surface area contributed by atoms with Crippen molar-refractivity contribution in [2.75, 3.05) is 0 Å². The van der Waals surface area contributed by atoms with Crippen molar-refractivity contribution in [1.29, 1.82) is 0 Å². The molecule has 0 aliphatic rings. The Morgan fingerprint density at radius 1 is 1.09 bits per heavy atom. The maximum atomic E-state index is 13.2. The summed E-state index contributed by atoms with van der Waals surface area (Å²) in [5, 5.41) is 14.1. The topological polar surface area (TPSA) is 94.3 Å². The average Bonchev–Trinajstić information content (AvgIpc) is 3.40. The van der Waals surface area contributed by atoms with E-state index in [9.17, 15) is 4.79 Å². The lowest BCUT2D eigenvalue weighted by atomic mass is 10.0. The summed E-state index contributed by atoms with van der Waals surface area (Å²) < 4.78 is 3.86. The van der Waals surface area contributed by atoms with Gasteiger partial charge >= 0.3 is 5.69 Å². The maximum Gasteiger partial charge on any atom is 0.328 e. The van der Waals surface area contributed by atoms with E-state index in [4.69, 9.17) is 0 Å². The lowest BCUT2D eigenvalue weighted by Crippen LogP contribution is -2.27. The number of hydrogen-bond donors (Lipinski definition) is 1. The highest BCUT2D eigenvalue weighted by Gasteiger charge is 2.17. The predicted molar refractivity (Wildman–Crippen MR) is 124 cm³/mol. The van der Waals surface area contributed by atoms with Gasteiger partial charge in [-0.2, -0.15) is 0 Å². The van der Waals surface area contributed by atoms with Crippen molar-refractivity contribution in [2.45, 2.75) is 53.6 Å². The first-order valence-corrected chi connectivity index (χ1v) is 11.1. The first-order valence-electron chi connectivity index (χ1n) is 11.1. The van der Waals surface area contributed by atoms with E-state index in [1.54, 1.807) is 6.20 Å². The van der Waals surface area contributed by atoms with E-state index in [0.717, 1.165) is 47.5 Å². The van der Waals surface area contributed by atoms with Gasteiger partial charge < -0.3 is 0 Å². The zero-order valence-electron chi connectivity index (χ0n) is 19.0. The molecule has 8 heteroatoms. The normalized spacial score (nSPS) is 11.4. The van der Waals surface area contributed by atoms with Gasteiger partial charge in [-0.3, -0.25) is 14.1 Å². The molecule has 0 atom stereocenters. The van der Waals surface area contributed by atoms with E-state index in [-0.39, 0.29) is 5.69 Å². The maximum absolute atomic E-state index is 13.2. The molecule has 4 rings (SSSR count). The molecule has 0 aliphatic heterocycles. The third-order valence-electron chi connectivity index (χ3n) is 5.63. The van der Waals surface area contributed by atoms with Crippen LogP contribution in [0.4, 0.5) is 0 Å². The zero-order valence-corrected chi connectivity index (χ0v) is 19.0. The van der Waals surface area contributed by atoms with Gasteiger partial charge in [0, 0.05) is 29.7 Å². The Kier molecular flexibility index (Phi) is 6.30. The van der Waals surface area contributed by atoms with E-state index >= 15 is 0 Å². The molecule has 4 aromatic rings. The summed E-state index contributed by atoms with van der Waals surface area (Å²) in [6, 6.07) is 12.2. The number of hydrogen-bond acceptors (Lipinski definition) is 5. The Balaban J connectivity index is 1.66. The summed E-state index contributed by atoms with van der Waals surface area (Å²) in [6.45, 7) is 9.81. The van der Waals surface area contributed by atoms with Gasteiger partial charge in [-0.1, -0.05) is 57.5 Å². The standard InChI is InChI=1S/C24H29N7O/c1-5-7-21-17(4)30(14-16(2)3)24(32)31(21)15-18-9-11-19(12-10-18)20-8-6-13-25-22(20)23-26-28-29-27-23/h6,8-13,16H,5,7,14-15H2,1-4H3,(H,26,27,28,29). The van der Waals surface area contributed by atoms with Gasteiger partial charge in [0.1, 0.15) is 5.69 Å². The molecule has 1 aromatic carbocycles. The lowest BCUT2D eigenvalue weighted by molar-refractivity contribution is 0.497. The number of pyridine rings is 1. The minimum atomic E-state index is 0.0797. The largest absolute Gasteiger partial charge is 0.328 e. The molecular formula is C24H29N7O. The summed E-state index contributed by atoms with van der Waals surface area (Å²) in [6.07, 6.45) is 3.63. The number of benzene rings is 1. The molecule has 166 valence electrons. The molecule has 0 bridgehead atoms. The Bertz CT molecular complexity index is 1230. The number of nitrogens with one attached hydrogen (secondary N) is 1. The van der Waals surface area contributed by atoms with Gasteiger partial charge in [-0.05, 0) is 46.9 Å². The Morgan fingerprint density at radius 2 is 1.88 bits per heavy atom. The van der Waals surface area contributed by atoms with Crippen LogP contribution in [-0.4, -0.2) is 34.7 Å². The van der Waals surface area contributed by atoms with Crippen LogP contribution in [0.3, 0.4) is 0 Å². The van der Waals surface area contributed by atoms with Crippen LogP contribution in [0.5, 0.6) is 0 Å². The highest BCUT2D eigenvalue weighted by molar-refractivity contribution is 5.77. The van der Waals surface area contributed by atoms with Crippen LogP contribution in [-0.2, 0) is 19.5 Å².